The number of alkyl halides is 3. The molecule has 1 saturated heterocycles. The number of pyridine rings is 1. The van der Waals surface area contributed by atoms with Crippen LogP contribution in [0, 0.1) is 6.92 Å². The highest BCUT2D eigenvalue weighted by Gasteiger charge is 2.37. The predicted octanol–water partition coefficient (Wildman–Crippen LogP) is 2.46. The molecule has 0 saturated carbocycles. The summed E-state index contributed by atoms with van der Waals surface area (Å²) in [5.74, 6) is -0.223. The summed E-state index contributed by atoms with van der Waals surface area (Å²) in [6.45, 7) is 4.59. The van der Waals surface area contributed by atoms with Crippen LogP contribution in [0.15, 0.2) is 6.07 Å². The molecule has 126 valence electrons. The monoisotopic (exact) mass is 328 g/mol. The van der Waals surface area contributed by atoms with Crippen LogP contribution in [0.1, 0.15) is 35.8 Å². The standard InChI is InChI=1S/C15H19F3N4O/c1-8-6-11(14(23)19-9(2)15(16,17)18)21-13-12(8)22-5-3-4-10(7-22)20-13/h6,9-10H,3-5,7H2,1-2H3,(H,19,23)(H,20,21). The van der Waals surface area contributed by atoms with Crippen molar-refractivity contribution in [3.05, 3.63) is 17.3 Å². The molecule has 2 aliphatic heterocycles. The third-order valence-corrected chi connectivity index (χ3v) is 4.33. The summed E-state index contributed by atoms with van der Waals surface area (Å²) in [4.78, 5) is 18.6. The molecule has 1 aromatic rings. The number of aromatic nitrogens is 1. The Balaban J connectivity index is 1.86. The van der Waals surface area contributed by atoms with Crippen LogP contribution in [0.5, 0.6) is 0 Å². The highest BCUT2D eigenvalue weighted by atomic mass is 19.4. The number of hydrogen-bond acceptors (Lipinski definition) is 4. The summed E-state index contributed by atoms with van der Waals surface area (Å²) in [6.07, 6.45) is -2.36. The van der Waals surface area contributed by atoms with Crippen molar-refractivity contribution >= 4 is 17.4 Å². The quantitative estimate of drug-likeness (QED) is 0.876. The van der Waals surface area contributed by atoms with E-state index in [0.717, 1.165) is 44.1 Å². The van der Waals surface area contributed by atoms with Gasteiger partial charge in [-0.05, 0) is 38.3 Å². The maximum Gasteiger partial charge on any atom is 0.408 e. The first-order valence-corrected chi connectivity index (χ1v) is 7.66. The summed E-state index contributed by atoms with van der Waals surface area (Å²) >= 11 is 0. The second-order valence-electron chi connectivity index (χ2n) is 6.19. The summed E-state index contributed by atoms with van der Waals surface area (Å²) in [5, 5.41) is 5.25. The van der Waals surface area contributed by atoms with Gasteiger partial charge in [0.15, 0.2) is 5.82 Å². The van der Waals surface area contributed by atoms with Crippen LogP contribution in [0.2, 0.25) is 0 Å². The van der Waals surface area contributed by atoms with Crippen LogP contribution in [0.25, 0.3) is 0 Å². The molecule has 1 amide bonds. The zero-order valence-corrected chi connectivity index (χ0v) is 13.0. The Bertz CT molecular complexity index is 632. The average Bonchev–Trinajstić information content (AvgIpc) is 2.45. The van der Waals surface area contributed by atoms with Crippen LogP contribution in [-0.4, -0.2) is 42.2 Å². The van der Waals surface area contributed by atoms with E-state index in [2.05, 4.69) is 15.2 Å². The van der Waals surface area contributed by atoms with E-state index in [0.29, 0.717) is 5.82 Å². The van der Waals surface area contributed by atoms with Crippen molar-refractivity contribution in [2.75, 3.05) is 23.3 Å². The minimum atomic E-state index is -4.47. The first kappa shape index (κ1) is 15.9. The Morgan fingerprint density at radius 3 is 2.96 bits per heavy atom. The molecule has 0 radical (unpaired) electrons. The van der Waals surface area contributed by atoms with Gasteiger partial charge in [-0.3, -0.25) is 4.79 Å². The van der Waals surface area contributed by atoms with Crippen LogP contribution in [0.3, 0.4) is 0 Å². The third-order valence-electron chi connectivity index (χ3n) is 4.33. The SMILES string of the molecule is Cc1cc(C(=O)NC(C)C(F)(F)F)nc2c1N1CCCC(C1)N2. The van der Waals surface area contributed by atoms with Gasteiger partial charge in [-0.25, -0.2) is 4.98 Å². The van der Waals surface area contributed by atoms with Crippen molar-refractivity contribution in [1.29, 1.82) is 0 Å². The molecule has 1 aromatic heterocycles. The van der Waals surface area contributed by atoms with E-state index in [4.69, 9.17) is 0 Å². The average molecular weight is 328 g/mol. The molecule has 5 nitrogen and oxygen atoms in total. The Morgan fingerprint density at radius 2 is 2.26 bits per heavy atom. The number of rotatable bonds is 2. The minimum absolute atomic E-state index is 0.00558. The molecule has 1 fully saturated rings. The molecule has 3 rings (SSSR count). The first-order valence-electron chi connectivity index (χ1n) is 7.66. The van der Waals surface area contributed by atoms with E-state index in [-0.39, 0.29) is 11.7 Å². The van der Waals surface area contributed by atoms with Crippen molar-refractivity contribution < 1.29 is 18.0 Å². The lowest BCUT2D eigenvalue weighted by molar-refractivity contribution is -0.149. The van der Waals surface area contributed by atoms with E-state index in [9.17, 15) is 18.0 Å². The van der Waals surface area contributed by atoms with E-state index in [1.165, 1.54) is 0 Å². The van der Waals surface area contributed by atoms with Crippen LogP contribution >= 0.6 is 0 Å². The second-order valence-corrected chi connectivity index (χ2v) is 6.19. The number of aryl methyl sites for hydroxylation is 1. The maximum absolute atomic E-state index is 12.6. The predicted molar refractivity (Wildman–Crippen MR) is 80.8 cm³/mol. The number of nitrogens with one attached hydrogen (secondary N) is 2. The topological polar surface area (TPSA) is 57.3 Å². The molecule has 2 aliphatic rings. The summed E-state index contributed by atoms with van der Waals surface area (Å²) in [6, 6.07) is -0.0896. The fourth-order valence-corrected chi connectivity index (χ4v) is 3.13. The van der Waals surface area contributed by atoms with E-state index in [1.54, 1.807) is 6.07 Å². The van der Waals surface area contributed by atoms with E-state index < -0.39 is 18.1 Å². The third kappa shape index (κ3) is 3.07. The van der Waals surface area contributed by atoms with Crippen molar-refractivity contribution in [1.82, 2.24) is 10.3 Å². The minimum Gasteiger partial charge on any atom is -0.366 e. The molecule has 8 heteroatoms. The number of amides is 1. The van der Waals surface area contributed by atoms with Gasteiger partial charge in [0.05, 0.1) is 5.69 Å². The molecular weight excluding hydrogens is 309 g/mol. The number of carbonyl (C=O) groups excluding carboxylic acids is 1. The zero-order chi connectivity index (χ0) is 16.8. The number of halogens is 3. The van der Waals surface area contributed by atoms with Gasteiger partial charge in [0.25, 0.3) is 5.91 Å². The lowest BCUT2D eigenvalue weighted by Gasteiger charge is -2.41. The van der Waals surface area contributed by atoms with Gasteiger partial charge >= 0.3 is 6.18 Å². The lowest BCUT2D eigenvalue weighted by Crippen LogP contribution is -2.47. The fourth-order valence-electron chi connectivity index (χ4n) is 3.13. The molecule has 2 unspecified atom stereocenters. The van der Waals surface area contributed by atoms with Crippen LogP contribution < -0.4 is 15.5 Å². The molecule has 2 N–H and O–H groups in total. The number of fused-ring (bicyclic) bond motifs is 4. The molecule has 0 aromatic carbocycles. The van der Waals surface area contributed by atoms with Gasteiger partial charge < -0.3 is 15.5 Å². The number of anilines is 2. The highest BCUT2D eigenvalue weighted by molar-refractivity contribution is 5.94. The Hall–Kier alpha value is -1.99. The molecule has 0 aliphatic carbocycles. The van der Waals surface area contributed by atoms with Gasteiger partial charge in [0.1, 0.15) is 11.7 Å². The second kappa shape index (κ2) is 5.58. The van der Waals surface area contributed by atoms with E-state index in [1.807, 2.05) is 12.2 Å². The van der Waals surface area contributed by atoms with Crippen molar-refractivity contribution in [2.24, 2.45) is 0 Å². The number of hydrogen-bond donors (Lipinski definition) is 2. The molecular formula is C15H19F3N4O. The lowest BCUT2D eigenvalue weighted by atomic mass is 10.00. The molecule has 23 heavy (non-hydrogen) atoms. The van der Waals surface area contributed by atoms with Crippen LogP contribution in [0.4, 0.5) is 24.7 Å². The molecule has 2 atom stereocenters. The smallest absolute Gasteiger partial charge is 0.366 e. The number of carbonyl (C=O) groups is 1. The van der Waals surface area contributed by atoms with Gasteiger partial charge in [-0.1, -0.05) is 0 Å². The Labute approximate surface area is 132 Å². The summed E-state index contributed by atoms with van der Waals surface area (Å²) in [7, 11) is 0. The van der Waals surface area contributed by atoms with Crippen molar-refractivity contribution in [3.8, 4) is 0 Å². The van der Waals surface area contributed by atoms with Crippen molar-refractivity contribution in [3.63, 3.8) is 0 Å². The summed E-state index contributed by atoms with van der Waals surface area (Å²) in [5.41, 5.74) is 1.79. The number of piperidine rings is 1. The zero-order valence-electron chi connectivity index (χ0n) is 13.0. The van der Waals surface area contributed by atoms with E-state index >= 15 is 0 Å². The van der Waals surface area contributed by atoms with Gasteiger partial charge in [0.2, 0.25) is 0 Å². The van der Waals surface area contributed by atoms with Gasteiger partial charge in [-0.15, -0.1) is 0 Å². The van der Waals surface area contributed by atoms with Gasteiger partial charge in [0, 0.05) is 19.1 Å². The van der Waals surface area contributed by atoms with Gasteiger partial charge in [-0.2, -0.15) is 13.2 Å². The normalized spacial score (nSPS) is 21.3. The maximum atomic E-state index is 12.6. The molecule has 0 spiro atoms. The molecule has 2 bridgehead atoms. The van der Waals surface area contributed by atoms with Crippen molar-refractivity contribution in [2.45, 2.75) is 44.9 Å². The first-order chi connectivity index (χ1) is 10.8. The highest BCUT2D eigenvalue weighted by Crippen LogP contribution is 2.36. The Kier molecular flexibility index (Phi) is 3.85. The Morgan fingerprint density at radius 1 is 1.52 bits per heavy atom. The fraction of sp³-hybridized carbons (Fsp3) is 0.600. The molecule has 3 heterocycles. The largest absolute Gasteiger partial charge is 0.408 e. The van der Waals surface area contributed by atoms with Crippen LogP contribution in [-0.2, 0) is 0 Å². The number of nitrogens with zero attached hydrogens (tertiary/aromatic N) is 2. The summed E-state index contributed by atoms with van der Waals surface area (Å²) < 4.78 is 37.7.